The van der Waals surface area contributed by atoms with Gasteiger partial charge < -0.3 is 44.0 Å². The summed E-state index contributed by atoms with van der Waals surface area (Å²) in [6, 6.07) is 18.7. The Morgan fingerprint density at radius 2 is 0.867 bits per heavy atom. The van der Waals surface area contributed by atoms with E-state index < -0.39 is 99.2 Å². The molecule has 0 unspecified atom stereocenters. The SMILES string of the molecule is CCCCC[n+]1ccc(/C=C/c2ccc3cc(N(C)CCCCCCCCCCCCNC(=O)CCCCCCCCCCCCC(=O)COCCOCCOCCCC(=O)COCCOCCOCCCC(=O)CCc4c([N+](=O)[O-])cc([N+](=O)[O-])c(Nc5c([N+](=O)[O-])cc([N+](=O)[O-])cc5[N+](=O)[O-])c4[N+](=O)[O-])ccc3c2)cc1. The first kappa shape index (κ1) is 93.9. The van der Waals surface area contributed by atoms with Crippen LogP contribution in [0.15, 0.2) is 79.1 Å². The first-order valence-corrected chi connectivity index (χ1v) is 39.9. The van der Waals surface area contributed by atoms with Gasteiger partial charge in [0.15, 0.2) is 35.3 Å². The van der Waals surface area contributed by atoms with Gasteiger partial charge in [0.05, 0.1) is 101 Å². The zero-order valence-corrected chi connectivity index (χ0v) is 65.7. The summed E-state index contributed by atoms with van der Waals surface area (Å²) in [7, 11) is 2.21. The summed E-state index contributed by atoms with van der Waals surface area (Å²) < 4.78 is 35.0. The minimum atomic E-state index is -1.40. The van der Waals surface area contributed by atoms with Gasteiger partial charge in [0.2, 0.25) is 5.91 Å². The molecule has 0 bridgehead atoms. The van der Waals surface area contributed by atoms with Gasteiger partial charge >= 0.3 is 22.7 Å². The van der Waals surface area contributed by atoms with Crippen LogP contribution < -0.4 is 20.1 Å². The second-order valence-corrected chi connectivity index (χ2v) is 28.1. The molecular formula is C81H115N10O22+. The summed E-state index contributed by atoms with van der Waals surface area (Å²) in [5.41, 5.74) is -7.49. The highest BCUT2D eigenvalue weighted by molar-refractivity contribution is 5.91. The third-order valence-electron chi connectivity index (χ3n) is 19.1. The van der Waals surface area contributed by atoms with Crippen LogP contribution in [0.2, 0.25) is 0 Å². The molecule has 0 atom stereocenters. The number of hydrogen-bond donors (Lipinski definition) is 2. The molecule has 32 nitrogen and oxygen atoms in total. The molecule has 4 aromatic carbocycles. The fourth-order valence-corrected chi connectivity index (χ4v) is 12.7. The van der Waals surface area contributed by atoms with Crippen LogP contribution in [-0.2, 0) is 60.6 Å². The average molecular weight is 1580 g/mol. The number of aryl methyl sites for hydroxylation is 1. The number of carbonyl (C=O) groups excluding carboxylic acids is 4. The number of Topliss-reactive ketones (excluding diaryl/α,β-unsaturated/α-hetero) is 3. The normalized spacial score (nSPS) is 11.3. The van der Waals surface area contributed by atoms with Crippen LogP contribution in [0, 0.1) is 60.7 Å². The Hall–Kier alpha value is -9.73. The van der Waals surface area contributed by atoms with E-state index in [0.717, 1.165) is 71.0 Å². The Morgan fingerprint density at radius 3 is 1.39 bits per heavy atom. The first-order valence-electron chi connectivity index (χ1n) is 39.9. The van der Waals surface area contributed by atoms with Crippen molar-refractivity contribution in [3.63, 3.8) is 0 Å². The number of aromatic nitrogens is 1. The quantitative estimate of drug-likeness (QED) is 0.0158. The predicted octanol–water partition coefficient (Wildman–Crippen LogP) is 16.8. The molecule has 5 aromatic rings. The number of amides is 1. The molecule has 1 heterocycles. The molecule has 1 aromatic heterocycles. The summed E-state index contributed by atoms with van der Waals surface area (Å²) >= 11 is 0. The number of ether oxygens (including phenoxy) is 6. The summed E-state index contributed by atoms with van der Waals surface area (Å²) in [4.78, 5) is 116. The number of pyridine rings is 1. The lowest BCUT2D eigenvalue weighted by Crippen LogP contribution is -2.32. The van der Waals surface area contributed by atoms with Crippen LogP contribution in [0.4, 0.5) is 51.2 Å². The number of anilines is 3. The van der Waals surface area contributed by atoms with E-state index in [0.29, 0.717) is 52.3 Å². The van der Waals surface area contributed by atoms with Gasteiger partial charge in [0, 0.05) is 89.7 Å². The number of hydrogen-bond acceptors (Lipinski definition) is 24. The summed E-state index contributed by atoms with van der Waals surface area (Å²) in [5.74, 6) is -0.412. The van der Waals surface area contributed by atoms with E-state index >= 15 is 0 Å². The molecule has 0 fully saturated rings. The second-order valence-electron chi connectivity index (χ2n) is 28.1. The number of nitrogens with zero attached hydrogens (tertiary/aromatic N) is 8. The monoisotopic (exact) mass is 1580 g/mol. The van der Waals surface area contributed by atoms with Gasteiger partial charge in [-0.1, -0.05) is 146 Å². The second kappa shape index (κ2) is 55.7. The van der Waals surface area contributed by atoms with E-state index in [9.17, 15) is 79.9 Å². The molecule has 5 rings (SSSR count). The molecule has 113 heavy (non-hydrogen) atoms. The number of rotatable bonds is 68. The fraction of sp³-hybridized carbons (Fsp3) is 0.593. The topological polar surface area (TPSA) is 414 Å². The van der Waals surface area contributed by atoms with Crippen LogP contribution in [0.1, 0.15) is 216 Å². The highest BCUT2D eigenvalue weighted by atomic mass is 16.7. The van der Waals surface area contributed by atoms with Crippen molar-refractivity contribution in [2.24, 2.45) is 0 Å². The van der Waals surface area contributed by atoms with Crippen molar-refractivity contribution < 1.29 is 81.7 Å². The number of benzene rings is 4. The first-order chi connectivity index (χ1) is 54.7. The largest absolute Gasteiger partial charge is 0.379 e. The minimum Gasteiger partial charge on any atom is -0.379 e. The lowest BCUT2D eigenvalue weighted by atomic mass is 9.99. The molecule has 1 amide bonds. The van der Waals surface area contributed by atoms with Crippen molar-refractivity contribution in [3.8, 4) is 0 Å². The van der Waals surface area contributed by atoms with Gasteiger partial charge in [0.1, 0.15) is 31.1 Å². The van der Waals surface area contributed by atoms with E-state index in [4.69, 9.17) is 28.4 Å². The highest BCUT2D eigenvalue weighted by Gasteiger charge is 2.40. The number of non-ortho nitro benzene ring substituents is 1. The van der Waals surface area contributed by atoms with Crippen molar-refractivity contribution in [1.29, 1.82) is 0 Å². The Labute approximate surface area is 660 Å². The summed E-state index contributed by atoms with van der Waals surface area (Å²) in [6.45, 7) is 7.37. The Morgan fingerprint density at radius 1 is 0.416 bits per heavy atom. The van der Waals surface area contributed by atoms with Crippen LogP contribution in [0.5, 0.6) is 0 Å². The molecule has 0 radical (unpaired) electrons. The number of nitrogens with one attached hydrogen (secondary N) is 2. The number of nitro groups is 6. The van der Waals surface area contributed by atoms with E-state index in [1.165, 1.54) is 124 Å². The zero-order valence-electron chi connectivity index (χ0n) is 65.7. The number of nitro benzene ring substituents is 6. The lowest BCUT2D eigenvalue weighted by Gasteiger charge is -2.20. The molecule has 620 valence electrons. The Balaban J connectivity index is 0.727. The van der Waals surface area contributed by atoms with Gasteiger partial charge in [-0.2, -0.15) is 0 Å². The molecule has 0 spiro atoms. The van der Waals surface area contributed by atoms with E-state index in [1.54, 1.807) is 0 Å². The van der Waals surface area contributed by atoms with Crippen LogP contribution in [0.3, 0.4) is 0 Å². The number of carbonyl (C=O) groups is 4. The standard InChI is InChI=1S/C81H114N10O22/c1-3-4-24-44-85-45-40-64(41-46-85)32-33-65-34-35-67-58-68(37-36-66(67)57-65)84(2)43-25-20-16-12-8-7-11-15-19-23-42-82-78(95)31-22-18-14-10-6-5-9-13-17-21-28-71(93)62-112-55-53-111-52-50-109-48-27-30-72(94)63-113-56-54-110-51-49-108-47-26-29-70(92)38-39-73-74(87(98)99)61-77(90(104)105)80(81(73)91(106)107)83-79-75(88(100)101)59-69(86(96)97)60-76(79)89(102)103/h32-37,40-41,45-46,57-61,83H,3-31,38-39,42-44,47-56,62-63H2,1-2H3/p+1. The number of fused-ring (bicyclic) bond motifs is 1. The average Bonchev–Trinajstić information content (AvgIpc) is 0.758. The van der Waals surface area contributed by atoms with Gasteiger partial charge in [-0.05, 0) is 91.5 Å². The lowest BCUT2D eigenvalue weighted by molar-refractivity contribution is -0.697. The van der Waals surface area contributed by atoms with Gasteiger partial charge in [0.25, 0.3) is 11.4 Å². The molecule has 0 aliphatic rings. The van der Waals surface area contributed by atoms with Crippen molar-refractivity contribution in [2.45, 2.75) is 213 Å². The molecule has 0 saturated carbocycles. The van der Waals surface area contributed by atoms with Crippen molar-refractivity contribution in [2.75, 3.05) is 110 Å². The Bertz CT molecular complexity index is 3810. The van der Waals surface area contributed by atoms with Crippen LogP contribution in [0.25, 0.3) is 22.9 Å². The molecule has 2 N–H and O–H groups in total. The molecule has 0 aliphatic heterocycles. The molecular weight excluding hydrogens is 1460 g/mol. The van der Waals surface area contributed by atoms with E-state index in [2.05, 4.69) is 102 Å². The van der Waals surface area contributed by atoms with Crippen LogP contribution >= 0.6 is 0 Å². The van der Waals surface area contributed by atoms with E-state index in [1.807, 2.05) is 5.32 Å². The zero-order chi connectivity index (χ0) is 81.8. The maximum absolute atomic E-state index is 12.8. The molecule has 0 aliphatic carbocycles. The van der Waals surface area contributed by atoms with Crippen molar-refractivity contribution >= 4 is 97.4 Å². The van der Waals surface area contributed by atoms with Crippen molar-refractivity contribution in [3.05, 3.63) is 156 Å². The van der Waals surface area contributed by atoms with Crippen molar-refractivity contribution in [1.82, 2.24) is 5.32 Å². The smallest absolute Gasteiger partial charge is 0.309 e. The van der Waals surface area contributed by atoms with Gasteiger partial charge in [-0.3, -0.25) is 79.9 Å². The third-order valence-corrected chi connectivity index (χ3v) is 19.1. The fourth-order valence-electron chi connectivity index (χ4n) is 12.7. The number of unbranched alkanes of at least 4 members (excludes halogenated alkanes) is 20. The summed E-state index contributed by atoms with van der Waals surface area (Å²) in [5, 5.41) is 79.2. The van der Waals surface area contributed by atoms with Gasteiger partial charge in [-0.25, -0.2) is 4.57 Å². The summed E-state index contributed by atoms with van der Waals surface area (Å²) in [6.07, 6.45) is 36.4. The van der Waals surface area contributed by atoms with Crippen LogP contribution in [-0.4, -0.2) is 152 Å². The predicted molar refractivity (Wildman–Crippen MR) is 430 cm³/mol. The maximum atomic E-state index is 12.8. The van der Waals surface area contributed by atoms with E-state index in [-0.39, 0.29) is 101 Å². The molecule has 0 saturated heterocycles. The minimum absolute atomic E-state index is 0.0551. The highest BCUT2D eigenvalue weighted by Crippen LogP contribution is 2.48. The number of ketones is 3. The Kier molecular flexibility index (Phi) is 46.2. The van der Waals surface area contributed by atoms with Gasteiger partial charge in [-0.15, -0.1) is 0 Å². The maximum Gasteiger partial charge on any atom is 0.309 e. The molecule has 32 heteroatoms. The third kappa shape index (κ3) is 38.1.